The fourth-order valence-corrected chi connectivity index (χ4v) is 2.46. The molecule has 0 aliphatic heterocycles. The summed E-state index contributed by atoms with van der Waals surface area (Å²) in [6.07, 6.45) is -4.45. The number of halogens is 3. The summed E-state index contributed by atoms with van der Waals surface area (Å²) in [6.45, 7) is 2.05. The molecule has 1 aromatic carbocycles. The van der Waals surface area contributed by atoms with Crippen LogP contribution >= 0.6 is 11.8 Å². The van der Waals surface area contributed by atoms with Gasteiger partial charge in [0.2, 0.25) is 5.91 Å². The molecule has 1 N–H and O–H groups in total. The number of alkyl halides is 3. The highest BCUT2D eigenvalue weighted by molar-refractivity contribution is 8.00. The van der Waals surface area contributed by atoms with Crippen molar-refractivity contribution >= 4 is 17.7 Å². The molecule has 10 heteroatoms. The highest BCUT2D eigenvalue weighted by Gasteiger charge is 2.29. The summed E-state index contributed by atoms with van der Waals surface area (Å²) in [4.78, 5) is 11.6. The van der Waals surface area contributed by atoms with Gasteiger partial charge in [-0.05, 0) is 31.5 Å². The third-order valence-corrected chi connectivity index (χ3v) is 3.84. The van der Waals surface area contributed by atoms with Gasteiger partial charge in [0.15, 0.2) is 6.61 Å². The standard InChI is InChI=1S/C15H16F3N3O3S/c1-9-4-3-5-11(6-9)23-7-12-20-21-14(24-12)25-10(2)13(22)19-8-15(16,17)18/h3-6,10H,7-8H2,1-2H3,(H,19,22). The van der Waals surface area contributed by atoms with E-state index in [1.807, 2.05) is 25.1 Å². The second-order valence-electron chi connectivity index (χ2n) is 5.16. The molecule has 0 saturated heterocycles. The zero-order chi connectivity index (χ0) is 18.4. The predicted molar refractivity (Wildman–Crippen MR) is 84.2 cm³/mol. The fraction of sp³-hybridized carbons (Fsp3) is 0.400. The number of nitrogens with zero attached hydrogens (tertiary/aromatic N) is 2. The van der Waals surface area contributed by atoms with Crippen LogP contribution in [0.4, 0.5) is 13.2 Å². The summed E-state index contributed by atoms with van der Waals surface area (Å²) in [6, 6.07) is 7.41. The number of aryl methyl sites for hydroxylation is 1. The molecule has 0 aliphatic carbocycles. The lowest BCUT2D eigenvalue weighted by Crippen LogP contribution is -2.37. The minimum atomic E-state index is -4.45. The number of aromatic nitrogens is 2. The van der Waals surface area contributed by atoms with Crippen molar-refractivity contribution in [1.29, 1.82) is 0 Å². The van der Waals surface area contributed by atoms with Crippen molar-refractivity contribution < 1.29 is 27.1 Å². The van der Waals surface area contributed by atoms with Crippen LogP contribution in [0.1, 0.15) is 18.4 Å². The topological polar surface area (TPSA) is 77.2 Å². The number of benzene rings is 1. The van der Waals surface area contributed by atoms with Crippen molar-refractivity contribution in [2.24, 2.45) is 0 Å². The molecule has 0 aliphatic rings. The van der Waals surface area contributed by atoms with Gasteiger partial charge in [-0.1, -0.05) is 23.9 Å². The normalized spacial score (nSPS) is 12.7. The first kappa shape index (κ1) is 19.1. The summed E-state index contributed by atoms with van der Waals surface area (Å²) in [5, 5.41) is 8.59. The Bertz CT molecular complexity index is 721. The van der Waals surface area contributed by atoms with Gasteiger partial charge < -0.3 is 14.5 Å². The number of ether oxygens (including phenoxy) is 1. The van der Waals surface area contributed by atoms with Gasteiger partial charge in [0.1, 0.15) is 12.3 Å². The Balaban J connectivity index is 1.83. The van der Waals surface area contributed by atoms with Crippen molar-refractivity contribution in [2.45, 2.75) is 37.1 Å². The van der Waals surface area contributed by atoms with E-state index in [0.29, 0.717) is 5.75 Å². The zero-order valence-corrected chi connectivity index (χ0v) is 14.3. The Morgan fingerprint density at radius 3 is 2.84 bits per heavy atom. The van der Waals surface area contributed by atoms with E-state index in [1.165, 1.54) is 6.92 Å². The number of rotatable bonds is 7. The summed E-state index contributed by atoms with van der Waals surface area (Å²) in [5.74, 6) is 0.0808. The van der Waals surface area contributed by atoms with Crippen LogP contribution in [-0.4, -0.2) is 34.1 Å². The quantitative estimate of drug-likeness (QED) is 0.750. The van der Waals surface area contributed by atoms with Crippen LogP contribution in [-0.2, 0) is 11.4 Å². The van der Waals surface area contributed by atoms with E-state index in [4.69, 9.17) is 9.15 Å². The Kier molecular flexibility index (Phi) is 6.29. The lowest BCUT2D eigenvalue weighted by Gasteiger charge is -2.11. The Hall–Kier alpha value is -2.23. The van der Waals surface area contributed by atoms with E-state index in [-0.39, 0.29) is 17.7 Å². The summed E-state index contributed by atoms with van der Waals surface area (Å²) < 4.78 is 47.1. The molecule has 2 aromatic rings. The summed E-state index contributed by atoms with van der Waals surface area (Å²) >= 11 is 0.872. The Morgan fingerprint density at radius 2 is 2.16 bits per heavy atom. The third-order valence-electron chi connectivity index (χ3n) is 2.91. The largest absolute Gasteiger partial charge is 0.484 e. The van der Waals surface area contributed by atoms with Gasteiger partial charge in [0.25, 0.3) is 11.1 Å². The SMILES string of the molecule is Cc1cccc(OCc2nnc(SC(C)C(=O)NCC(F)(F)F)o2)c1. The molecule has 1 aromatic heterocycles. The van der Waals surface area contributed by atoms with Crippen molar-refractivity contribution in [3.05, 3.63) is 35.7 Å². The first-order valence-corrected chi connectivity index (χ1v) is 8.14. The van der Waals surface area contributed by atoms with Crippen molar-refractivity contribution in [3.8, 4) is 5.75 Å². The molecule has 136 valence electrons. The smallest absolute Gasteiger partial charge is 0.405 e. The van der Waals surface area contributed by atoms with Gasteiger partial charge in [-0.25, -0.2) is 0 Å². The molecule has 6 nitrogen and oxygen atoms in total. The molecule has 1 unspecified atom stereocenters. The molecule has 0 fully saturated rings. The molecule has 1 atom stereocenters. The lowest BCUT2D eigenvalue weighted by atomic mass is 10.2. The highest BCUT2D eigenvalue weighted by Crippen LogP contribution is 2.23. The second kappa shape index (κ2) is 8.24. The number of carbonyl (C=O) groups excluding carboxylic acids is 1. The summed E-state index contributed by atoms with van der Waals surface area (Å²) in [7, 11) is 0. The summed E-state index contributed by atoms with van der Waals surface area (Å²) in [5.41, 5.74) is 1.04. The Morgan fingerprint density at radius 1 is 1.40 bits per heavy atom. The molecule has 0 spiro atoms. The first-order valence-electron chi connectivity index (χ1n) is 7.26. The Labute approximate surface area is 146 Å². The average molecular weight is 375 g/mol. The maximum absolute atomic E-state index is 12.1. The van der Waals surface area contributed by atoms with Gasteiger partial charge >= 0.3 is 6.18 Å². The van der Waals surface area contributed by atoms with Gasteiger partial charge in [-0.2, -0.15) is 13.2 Å². The number of thioether (sulfide) groups is 1. The molecular formula is C15H16F3N3O3S. The maximum atomic E-state index is 12.1. The number of nitrogens with one attached hydrogen (secondary N) is 1. The van der Waals surface area contributed by atoms with Gasteiger partial charge in [0.05, 0.1) is 5.25 Å². The number of hydrogen-bond donors (Lipinski definition) is 1. The predicted octanol–water partition coefficient (Wildman–Crippen LogP) is 3.12. The van der Waals surface area contributed by atoms with Crippen LogP contribution in [0.2, 0.25) is 0 Å². The minimum absolute atomic E-state index is 0.0473. The third kappa shape index (κ3) is 6.65. The van der Waals surface area contributed by atoms with Crippen LogP contribution in [0, 0.1) is 6.92 Å². The van der Waals surface area contributed by atoms with Gasteiger partial charge in [-0.3, -0.25) is 4.79 Å². The zero-order valence-electron chi connectivity index (χ0n) is 13.5. The van der Waals surface area contributed by atoms with E-state index in [1.54, 1.807) is 11.4 Å². The van der Waals surface area contributed by atoms with E-state index in [9.17, 15) is 18.0 Å². The minimum Gasteiger partial charge on any atom is -0.484 e. The van der Waals surface area contributed by atoms with Crippen molar-refractivity contribution in [3.63, 3.8) is 0 Å². The maximum Gasteiger partial charge on any atom is 0.405 e. The molecular weight excluding hydrogens is 359 g/mol. The molecule has 0 saturated carbocycles. The molecule has 0 bridgehead atoms. The fourth-order valence-electron chi connectivity index (χ4n) is 1.73. The molecule has 1 heterocycles. The van der Waals surface area contributed by atoms with Crippen LogP contribution in [0.15, 0.2) is 33.9 Å². The average Bonchev–Trinajstić information content (AvgIpc) is 2.97. The van der Waals surface area contributed by atoms with Crippen molar-refractivity contribution in [2.75, 3.05) is 6.54 Å². The molecule has 1 amide bonds. The van der Waals surface area contributed by atoms with E-state index < -0.39 is 23.9 Å². The van der Waals surface area contributed by atoms with Crippen LogP contribution in [0.25, 0.3) is 0 Å². The van der Waals surface area contributed by atoms with E-state index >= 15 is 0 Å². The molecule has 2 rings (SSSR count). The van der Waals surface area contributed by atoms with Crippen LogP contribution in [0.5, 0.6) is 5.75 Å². The monoisotopic (exact) mass is 375 g/mol. The van der Waals surface area contributed by atoms with E-state index in [0.717, 1.165) is 17.3 Å². The number of hydrogen-bond acceptors (Lipinski definition) is 6. The first-order chi connectivity index (χ1) is 11.7. The second-order valence-corrected chi connectivity index (χ2v) is 6.45. The van der Waals surface area contributed by atoms with Gasteiger partial charge in [-0.15, -0.1) is 10.2 Å². The highest BCUT2D eigenvalue weighted by atomic mass is 32.2. The lowest BCUT2D eigenvalue weighted by molar-refractivity contribution is -0.137. The van der Waals surface area contributed by atoms with E-state index in [2.05, 4.69) is 10.2 Å². The number of carbonyl (C=O) groups is 1. The molecule has 25 heavy (non-hydrogen) atoms. The van der Waals surface area contributed by atoms with Crippen LogP contribution < -0.4 is 10.1 Å². The van der Waals surface area contributed by atoms with Gasteiger partial charge in [0, 0.05) is 0 Å². The van der Waals surface area contributed by atoms with Crippen molar-refractivity contribution in [1.82, 2.24) is 15.5 Å². The van der Waals surface area contributed by atoms with Crippen LogP contribution in [0.3, 0.4) is 0 Å². The molecule has 0 radical (unpaired) electrons. The number of amides is 1.